The minimum Gasteiger partial charge on any atom is -0.506 e. The zero-order valence-electron chi connectivity index (χ0n) is 13.2. The van der Waals surface area contributed by atoms with Crippen LogP contribution in [0.5, 0.6) is 5.75 Å². The summed E-state index contributed by atoms with van der Waals surface area (Å²) in [7, 11) is 0. The molecule has 0 spiro atoms. The molecule has 0 unspecified atom stereocenters. The van der Waals surface area contributed by atoms with Gasteiger partial charge in [0.1, 0.15) is 11.3 Å². The summed E-state index contributed by atoms with van der Waals surface area (Å²) in [5.74, 6) is -0.0379. The highest BCUT2D eigenvalue weighted by Gasteiger charge is 2.14. The standard InChI is InChI=1S/C17H17N3O2S/c1-4-20-14-8-6-5-7-12(14)15(21)13(16(20)22)9-18-17-19-10(2)11(3)23-17/h5-9,21H,4H2,1-3H3/b18-9+. The topological polar surface area (TPSA) is 67.5 Å². The largest absolute Gasteiger partial charge is 0.506 e. The van der Waals surface area contributed by atoms with E-state index in [0.717, 1.165) is 16.1 Å². The maximum absolute atomic E-state index is 12.6. The van der Waals surface area contributed by atoms with Crippen molar-refractivity contribution >= 4 is 33.6 Å². The van der Waals surface area contributed by atoms with Crippen LogP contribution < -0.4 is 5.56 Å². The van der Waals surface area contributed by atoms with E-state index in [9.17, 15) is 9.90 Å². The van der Waals surface area contributed by atoms with E-state index in [-0.39, 0.29) is 16.9 Å². The number of fused-ring (bicyclic) bond motifs is 1. The average molecular weight is 327 g/mol. The number of thiazole rings is 1. The minimum atomic E-state index is -0.252. The molecule has 6 heteroatoms. The molecule has 1 N–H and O–H groups in total. The van der Waals surface area contributed by atoms with Crippen molar-refractivity contribution in [2.75, 3.05) is 0 Å². The van der Waals surface area contributed by atoms with Gasteiger partial charge >= 0.3 is 0 Å². The third-order valence-corrected chi connectivity index (χ3v) is 4.80. The Hall–Kier alpha value is -2.47. The highest BCUT2D eigenvalue weighted by Crippen LogP contribution is 2.27. The highest BCUT2D eigenvalue weighted by atomic mass is 32.1. The second-order valence-electron chi connectivity index (χ2n) is 5.23. The van der Waals surface area contributed by atoms with E-state index in [1.807, 2.05) is 39.0 Å². The Morgan fingerprint density at radius 3 is 2.74 bits per heavy atom. The highest BCUT2D eigenvalue weighted by molar-refractivity contribution is 7.15. The third kappa shape index (κ3) is 2.66. The lowest BCUT2D eigenvalue weighted by atomic mass is 10.1. The SMILES string of the molecule is CCn1c(=O)c(/C=N/c2nc(C)c(C)s2)c(O)c2ccccc21. The van der Waals surface area contributed by atoms with Crippen LogP contribution in [0.2, 0.25) is 0 Å². The van der Waals surface area contributed by atoms with Crippen LogP contribution in [0.3, 0.4) is 0 Å². The number of para-hydroxylation sites is 1. The van der Waals surface area contributed by atoms with E-state index in [0.29, 0.717) is 17.1 Å². The summed E-state index contributed by atoms with van der Waals surface area (Å²) in [5.41, 5.74) is 1.58. The fourth-order valence-electron chi connectivity index (χ4n) is 2.47. The Bertz CT molecular complexity index is 950. The molecular formula is C17H17N3O2S. The van der Waals surface area contributed by atoms with Gasteiger partial charge < -0.3 is 9.67 Å². The minimum absolute atomic E-state index is 0.0379. The maximum atomic E-state index is 12.6. The number of rotatable bonds is 3. The van der Waals surface area contributed by atoms with Crippen molar-refractivity contribution in [2.45, 2.75) is 27.3 Å². The monoisotopic (exact) mass is 327 g/mol. The molecule has 5 nitrogen and oxygen atoms in total. The van der Waals surface area contributed by atoms with Gasteiger partial charge in [-0.3, -0.25) is 4.79 Å². The van der Waals surface area contributed by atoms with E-state index in [1.54, 1.807) is 10.6 Å². The molecule has 2 heterocycles. The predicted molar refractivity (Wildman–Crippen MR) is 94.4 cm³/mol. The van der Waals surface area contributed by atoms with Crippen molar-refractivity contribution in [3.8, 4) is 5.75 Å². The summed E-state index contributed by atoms with van der Waals surface area (Å²) in [4.78, 5) is 22.3. The zero-order valence-corrected chi connectivity index (χ0v) is 14.0. The molecule has 0 amide bonds. The average Bonchev–Trinajstić information content (AvgIpc) is 2.86. The van der Waals surface area contributed by atoms with Crippen molar-refractivity contribution in [3.63, 3.8) is 0 Å². The first-order valence-corrected chi connectivity index (χ1v) is 8.17. The fourth-order valence-corrected chi connectivity index (χ4v) is 3.23. The molecule has 0 saturated carbocycles. The lowest BCUT2D eigenvalue weighted by Crippen LogP contribution is -2.23. The van der Waals surface area contributed by atoms with Crippen LogP contribution >= 0.6 is 11.3 Å². The number of hydrogen-bond acceptors (Lipinski definition) is 5. The van der Waals surface area contributed by atoms with Crippen LogP contribution in [-0.2, 0) is 6.54 Å². The summed E-state index contributed by atoms with van der Waals surface area (Å²) >= 11 is 1.46. The van der Waals surface area contributed by atoms with Crippen molar-refractivity contribution in [2.24, 2.45) is 4.99 Å². The molecule has 23 heavy (non-hydrogen) atoms. The maximum Gasteiger partial charge on any atom is 0.263 e. The molecular weight excluding hydrogens is 310 g/mol. The molecule has 0 aliphatic rings. The zero-order chi connectivity index (χ0) is 16.6. The van der Waals surface area contributed by atoms with Crippen LogP contribution in [-0.4, -0.2) is 20.9 Å². The van der Waals surface area contributed by atoms with Crippen molar-refractivity contribution in [3.05, 3.63) is 50.8 Å². The molecule has 0 aliphatic heterocycles. The van der Waals surface area contributed by atoms with Gasteiger partial charge in [0.25, 0.3) is 5.56 Å². The summed E-state index contributed by atoms with van der Waals surface area (Å²) in [6.45, 7) is 6.32. The molecule has 1 aromatic carbocycles. The quantitative estimate of drug-likeness (QED) is 0.748. The first kappa shape index (κ1) is 15.4. The summed E-state index contributed by atoms with van der Waals surface area (Å²) in [5, 5.41) is 11.7. The number of pyridine rings is 1. The van der Waals surface area contributed by atoms with Crippen LogP contribution in [0.1, 0.15) is 23.1 Å². The third-order valence-electron chi connectivity index (χ3n) is 3.82. The van der Waals surface area contributed by atoms with Gasteiger partial charge in [0.2, 0.25) is 5.13 Å². The molecule has 0 saturated heterocycles. The summed E-state index contributed by atoms with van der Waals surface area (Å²) < 4.78 is 1.63. The molecule has 3 aromatic rings. The lowest BCUT2D eigenvalue weighted by molar-refractivity contribution is 0.478. The van der Waals surface area contributed by atoms with Crippen molar-refractivity contribution < 1.29 is 5.11 Å². The Morgan fingerprint density at radius 1 is 1.35 bits per heavy atom. The second-order valence-corrected chi connectivity index (χ2v) is 6.41. The molecule has 0 fully saturated rings. The van der Waals surface area contributed by atoms with Gasteiger partial charge in [-0.2, -0.15) is 0 Å². The van der Waals surface area contributed by atoms with Crippen LogP contribution in [0.15, 0.2) is 34.1 Å². The fraction of sp³-hybridized carbons (Fsp3) is 0.235. The summed E-state index contributed by atoms with van der Waals surface area (Å²) in [6, 6.07) is 7.31. The number of nitrogens with zero attached hydrogens (tertiary/aromatic N) is 3. The first-order chi connectivity index (χ1) is 11.0. The molecule has 0 atom stereocenters. The van der Waals surface area contributed by atoms with Gasteiger partial charge in [0, 0.05) is 23.0 Å². The van der Waals surface area contributed by atoms with E-state index in [4.69, 9.17) is 0 Å². The second kappa shape index (κ2) is 5.96. The van der Waals surface area contributed by atoms with Gasteiger partial charge in [-0.1, -0.05) is 23.5 Å². The summed E-state index contributed by atoms with van der Waals surface area (Å²) in [6.07, 6.45) is 1.41. The van der Waals surface area contributed by atoms with E-state index < -0.39 is 0 Å². The normalized spacial score (nSPS) is 11.6. The van der Waals surface area contributed by atoms with Crippen LogP contribution in [0.4, 0.5) is 5.13 Å². The lowest BCUT2D eigenvalue weighted by Gasteiger charge is -2.11. The van der Waals surface area contributed by atoms with Gasteiger partial charge in [0.05, 0.1) is 11.2 Å². The predicted octanol–water partition coefficient (Wildman–Crippen LogP) is 3.55. The number of aromatic nitrogens is 2. The molecule has 3 rings (SSSR count). The first-order valence-electron chi connectivity index (χ1n) is 7.35. The van der Waals surface area contributed by atoms with Gasteiger partial charge in [-0.25, -0.2) is 9.98 Å². The Balaban J connectivity index is 2.19. The molecule has 0 radical (unpaired) electrons. The van der Waals surface area contributed by atoms with E-state index in [2.05, 4.69) is 9.98 Å². The molecule has 0 bridgehead atoms. The van der Waals surface area contributed by atoms with Crippen LogP contribution in [0.25, 0.3) is 10.9 Å². The Morgan fingerprint density at radius 2 is 2.09 bits per heavy atom. The molecule has 118 valence electrons. The van der Waals surface area contributed by atoms with E-state index in [1.165, 1.54) is 17.6 Å². The van der Waals surface area contributed by atoms with Gasteiger partial charge in [0.15, 0.2) is 0 Å². The number of aromatic hydroxyl groups is 1. The molecule has 2 aromatic heterocycles. The Kier molecular flexibility index (Phi) is 4.00. The number of hydrogen-bond donors (Lipinski definition) is 1. The van der Waals surface area contributed by atoms with Crippen molar-refractivity contribution in [1.29, 1.82) is 0 Å². The number of aliphatic imine (C=N–C) groups is 1. The Labute approximate surface area is 137 Å². The van der Waals surface area contributed by atoms with Crippen LogP contribution in [0, 0.1) is 13.8 Å². The van der Waals surface area contributed by atoms with Gasteiger partial charge in [-0.15, -0.1) is 0 Å². The number of aryl methyl sites for hydroxylation is 3. The number of benzene rings is 1. The van der Waals surface area contributed by atoms with Crippen molar-refractivity contribution in [1.82, 2.24) is 9.55 Å². The van der Waals surface area contributed by atoms with Gasteiger partial charge in [-0.05, 0) is 32.9 Å². The van der Waals surface area contributed by atoms with E-state index >= 15 is 0 Å². The smallest absolute Gasteiger partial charge is 0.263 e. The molecule has 0 aliphatic carbocycles.